The molecule has 6 nitrogen and oxygen atoms in total. The monoisotopic (exact) mass is 299 g/mol. The molecular weight excluding hydrogens is 282 g/mol. The Morgan fingerprint density at radius 1 is 1.45 bits per heavy atom. The van der Waals surface area contributed by atoms with Gasteiger partial charge in [-0.25, -0.2) is 13.2 Å². The van der Waals surface area contributed by atoms with Crippen LogP contribution in [0, 0.1) is 0 Å². The number of anilines is 1. The predicted molar refractivity (Wildman–Crippen MR) is 75.4 cm³/mol. The fourth-order valence-corrected chi connectivity index (χ4v) is 2.89. The largest absolute Gasteiger partial charge is 0.489 e. The fraction of sp³-hybridized carbons (Fsp3) is 0.462. The molecule has 0 amide bonds. The van der Waals surface area contributed by atoms with E-state index in [-0.39, 0.29) is 17.1 Å². The minimum Gasteiger partial charge on any atom is -0.489 e. The summed E-state index contributed by atoms with van der Waals surface area (Å²) in [4.78, 5) is 13.0. The zero-order valence-electron chi connectivity index (χ0n) is 11.2. The Morgan fingerprint density at radius 3 is 2.85 bits per heavy atom. The Kier molecular flexibility index (Phi) is 4.17. The van der Waals surface area contributed by atoms with Crippen molar-refractivity contribution in [1.82, 2.24) is 0 Å². The summed E-state index contributed by atoms with van der Waals surface area (Å²) in [5, 5.41) is 9.13. The molecule has 1 aliphatic heterocycles. The first-order valence-electron chi connectivity index (χ1n) is 6.39. The summed E-state index contributed by atoms with van der Waals surface area (Å²) >= 11 is 0. The molecule has 1 aromatic rings. The van der Waals surface area contributed by atoms with Crippen molar-refractivity contribution >= 4 is 21.5 Å². The van der Waals surface area contributed by atoms with Crippen molar-refractivity contribution in [3.63, 3.8) is 0 Å². The molecule has 0 aromatic heterocycles. The maximum absolute atomic E-state index is 11.6. The average Bonchev–Trinajstić information content (AvgIpc) is 2.44. The lowest BCUT2D eigenvalue weighted by atomic mass is 10.1. The van der Waals surface area contributed by atoms with Gasteiger partial charge in [-0.3, -0.25) is 0 Å². The molecule has 1 aliphatic rings. The van der Waals surface area contributed by atoms with E-state index >= 15 is 0 Å². The molecule has 0 radical (unpaired) electrons. The third kappa shape index (κ3) is 3.04. The number of rotatable bonds is 5. The van der Waals surface area contributed by atoms with E-state index in [9.17, 15) is 13.2 Å². The summed E-state index contributed by atoms with van der Waals surface area (Å²) in [6.07, 6.45) is 0. The van der Waals surface area contributed by atoms with Crippen LogP contribution >= 0.6 is 0 Å². The van der Waals surface area contributed by atoms with Crippen LogP contribution in [0.3, 0.4) is 0 Å². The number of hydrogen-bond donors (Lipinski definition) is 1. The normalized spacial score (nSPS) is 14.6. The van der Waals surface area contributed by atoms with Crippen LogP contribution < -0.4 is 9.64 Å². The van der Waals surface area contributed by atoms with E-state index in [0.29, 0.717) is 31.1 Å². The van der Waals surface area contributed by atoms with Gasteiger partial charge in [-0.15, -0.1) is 0 Å². The van der Waals surface area contributed by atoms with Gasteiger partial charge in [0, 0.05) is 12.3 Å². The topological polar surface area (TPSA) is 83.9 Å². The second-order valence-electron chi connectivity index (χ2n) is 4.53. The van der Waals surface area contributed by atoms with E-state index in [0.717, 1.165) is 0 Å². The molecule has 110 valence electrons. The van der Waals surface area contributed by atoms with Crippen molar-refractivity contribution in [1.29, 1.82) is 0 Å². The number of fused-ring (bicyclic) bond motifs is 1. The van der Waals surface area contributed by atoms with Crippen molar-refractivity contribution in [2.75, 3.05) is 36.1 Å². The number of carbonyl (C=O) groups is 1. The standard InChI is InChI=1S/C13H17NO5S/c1-2-20(17,18)9-7-14-6-8-19-12-10(13(15)16)4-3-5-11(12)14/h3-5H,2,6-9H2,1H3,(H,15,16). The maximum atomic E-state index is 11.6. The Labute approximate surface area is 117 Å². The average molecular weight is 299 g/mol. The van der Waals surface area contributed by atoms with Gasteiger partial charge in [0.2, 0.25) is 0 Å². The van der Waals surface area contributed by atoms with Crippen LogP contribution in [-0.2, 0) is 9.84 Å². The first-order valence-corrected chi connectivity index (χ1v) is 8.21. The molecule has 20 heavy (non-hydrogen) atoms. The summed E-state index contributed by atoms with van der Waals surface area (Å²) in [5.41, 5.74) is 0.744. The summed E-state index contributed by atoms with van der Waals surface area (Å²) in [5.74, 6) is -0.565. The zero-order valence-corrected chi connectivity index (χ0v) is 12.0. The minimum absolute atomic E-state index is 0.0558. The van der Waals surface area contributed by atoms with E-state index in [1.165, 1.54) is 6.07 Å². The highest BCUT2D eigenvalue weighted by atomic mass is 32.2. The molecule has 2 rings (SSSR count). The number of hydrogen-bond acceptors (Lipinski definition) is 5. The molecule has 1 aromatic carbocycles. The predicted octanol–water partition coefficient (Wildman–Crippen LogP) is 1.02. The summed E-state index contributed by atoms with van der Waals surface area (Å²) < 4.78 is 28.6. The van der Waals surface area contributed by atoms with Crippen LogP contribution in [0.4, 0.5) is 5.69 Å². The van der Waals surface area contributed by atoms with Crippen molar-refractivity contribution < 1.29 is 23.1 Å². The molecule has 0 saturated heterocycles. The number of para-hydroxylation sites is 1. The molecule has 0 aliphatic carbocycles. The number of aromatic carboxylic acids is 1. The second kappa shape index (κ2) is 5.70. The molecule has 1 N–H and O–H groups in total. The molecule has 7 heteroatoms. The Hall–Kier alpha value is -1.76. The summed E-state index contributed by atoms with van der Waals surface area (Å²) in [6, 6.07) is 4.87. The Bertz CT molecular complexity index is 611. The van der Waals surface area contributed by atoms with E-state index in [1.807, 2.05) is 4.90 Å². The van der Waals surface area contributed by atoms with Crippen molar-refractivity contribution in [2.45, 2.75) is 6.92 Å². The van der Waals surface area contributed by atoms with Crippen molar-refractivity contribution in [3.8, 4) is 5.75 Å². The lowest BCUT2D eigenvalue weighted by Crippen LogP contribution is -2.37. The van der Waals surface area contributed by atoms with Crippen molar-refractivity contribution in [2.24, 2.45) is 0 Å². The molecule has 0 atom stereocenters. The fourth-order valence-electron chi connectivity index (χ4n) is 2.10. The van der Waals surface area contributed by atoms with Crippen LogP contribution in [0.15, 0.2) is 18.2 Å². The second-order valence-corrected chi connectivity index (χ2v) is 7.00. The van der Waals surface area contributed by atoms with Crippen LogP contribution in [0.1, 0.15) is 17.3 Å². The highest BCUT2D eigenvalue weighted by molar-refractivity contribution is 7.91. The minimum atomic E-state index is -3.05. The van der Waals surface area contributed by atoms with Gasteiger partial charge >= 0.3 is 5.97 Å². The highest BCUT2D eigenvalue weighted by Crippen LogP contribution is 2.34. The van der Waals surface area contributed by atoms with Gasteiger partial charge in [0.25, 0.3) is 0 Å². The van der Waals surface area contributed by atoms with Crippen LogP contribution in [0.5, 0.6) is 5.75 Å². The number of ether oxygens (including phenoxy) is 1. The van der Waals surface area contributed by atoms with Gasteiger partial charge < -0.3 is 14.7 Å². The first-order chi connectivity index (χ1) is 9.44. The van der Waals surface area contributed by atoms with Crippen LogP contribution in [0.2, 0.25) is 0 Å². The highest BCUT2D eigenvalue weighted by Gasteiger charge is 2.24. The number of nitrogens with zero attached hydrogens (tertiary/aromatic N) is 1. The quantitative estimate of drug-likeness (QED) is 0.874. The molecule has 0 spiro atoms. The van der Waals surface area contributed by atoms with Gasteiger partial charge in [-0.1, -0.05) is 13.0 Å². The molecular formula is C13H17NO5S. The summed E-state index contributed by atoms with van der Waals surface area (Å²) in [6.45, 7) is 2.86. The van der Waals surface area contributed by atoms with Crippen LogP contribution in [0.25, 0.3) is 0 Å². The number of sulfone groups is 1. The molecule has 0 unspecified atom stereocenters. The zero-order chi connectivity index (χ0) is 14.8. The van der Waals surface area contributed by atoms with E-state index < -0.39 is 15.8 Å². The third-order valence-electron chi connectivity index (χ3n) is 3.28. The Balaban J connectivity index is 2.25. The smallest absolute Gasteiger partial charge is 0.339 e. The number of carboxylic acid groups (broad SMARTS) is 1. The first kappa shape index (κ1) is 14.6. The summed E-state index contributed by atoms with van der Waals surface area (Å²) in [7, 11) is -3.05. The maximum Gasteiger partial charge on any atom is 0.339 e. The van der Waals surface area contributed by atoms with Gasteiger partial charge in [0.15, 0.2) is 15.6 Å². The van der Waals surface area contributed by atoms with Gasteiger partial charge in [-0.05, 0) is 12.1 Å². The van der Waals surface area contributed by atoms with E-state index in [1.54, 1.807) is 19.1 Å². The number of benzene rings is 1. The SMILES string of the molecule is CCS(=O)(=O)CCN1CCOc2c(C(=O)O)cccc21. The lowest BCUT2D eigenvalue weighted by molar-refractivity contribution is 0.0692. The molecule has 0 saturated carbocycles. The molecule has 0 bridgehead atoms. The molecule has 0 fully saturated rings. The van der Waals surface area contributed by atoms with E-state index in [2.05, 4.69) is 0 Å². The van der Waals surface area contributed by atoms with Crippen LogP contribution in [-0.4, -0.2) is 50.7 Å². The molecule has 1 heterocycles. The van der Waals surface area contributed by atoms with Crippen molar-refractivity contribution in [3.05, 3.63) is 23.8 Å². The van der Waals surface area contributed by atoms with Gasteiger partial charge in [0.1, 0.15) is 12.2 Å². The third-order valence-corrected chi connectivity index (χ3v) is 4.97. The Morgan fingerprint density at radius 2 is 2.20 bits per heavy atom. The van der Waals surface area contributed by atoms with Gasteiger partial charge in [-0.2, -0.15) is 0 Å². The number of carboxylic acids is 1. The lowest BCUT2D eigenvalue weighted by Gasteiger charge is -2.31. The van der Waals surface area contributed by atoms with Gasteiger partial charge in [0.05, 0.1) is 18.0 Å². The van der Waals surface area contributed by atoms with E-state index in [4.69, 9.17) is 9.84 Å².